The van der Waals surface area contributed by atoms with Crippen molar-refractivity contribution in [3.05, 3.63) is 65.9 Å². The smallest absolute Gasteiger partial charge is 0.375 e. The Bertz CT molecular complexity index is 679. The summed E-state index contributed by atoms with van der Waals surface area (Å²) in [5, 5.41) is 9.23. The summed E-state index contributed by atoms with van der Waals surface area (Å²) >= 11 is 0. The first-order valence-corrected chi connectivity index (χ1v) is 6.04. The van der Waals surface area contributed by atoms with Crippen molar-refractivity contribution in [1.29, 1.82) is 0 Å². The number of carboxylic acids is 1. The highest BCUT2D eigenvalue weighted by Gasteiger charge is 2.26. The van der Waals surface area contributed by atoms with Crippen LogP contribution in [0.3, 0.4) is 0 Å². The van der Waals surface area contributed by atoms with Crippen LogP contribution in [0.5, 0.6) is 11.5 Å². The quantitative estimate of drug-likeness (QED) is 0.926. The summed E-state index contributed by atoms with van der Waals surface area (Å²) in [6.07, 6.45) is 3.63. The Morgan fingerprint density at radius 2 is 1.85 bits per heavy atom. The van der Waals surface area contributed by atoms with Gasteiger partial charge in [0.1, 0.15) is 0 Å². The molecule has 1 aromatic carbocycles. The van der Waals surface area contributed by atoms with E-state index in [2.05, 4.69) is 4.98 Å². The number of carbonyl (C=O) groups is 1. The van der Waals surface area contributed by atoms with Crippen molar-refractivity contribution in [2.45, 2.75) is 6.42 Å². The molecule has 1 aliphatic rings. The van der Waals surface area contributed by atoms with E-state index in [-0.39, 0.29) is 11.5 Å². The van der Waals surface area contributed by atoms with Gasteiger partial charge in [0.05, 0.1) is 0 Å². The molecular weight excluding hydrogens is 258 g/mol. The Kier molecular flexibility index (Phi) is 3.09. The highest BCUT2D eigenvalue weighted by molar-refractivity contribution is 5.86. The molecule has 5 nitrogen and oxygen atoms in total. The summed E-state index contributed by atoms with van der Waals surface area (Å²) in [7, 11) is 0. The van der Waals surface area contributed by atoms with Gasteiger partial charge < -0.3 is 14.6 Å². The molecule has 0 saturated carbocycles. The maximum atomic E-state index is 11.3. The Morgan fingerprint density at radius 1 is 1.10 bits per heavy atom. The second kappa shape index (κ2) is 5.05. The highest BCUT2D eigenvalue weighted by Crippen LogP contribution is 2.35. The summed E-state index contributed by atoms with van der Waals surface area (Å²) in [5.41, 5.74) is 0.851. The fourth-order valence-electron chi connectivity index (χ4n) is 1.93. The molecule has 0 saturated heterocycles. The molecular formula is C15H11NO4. The number of aromatic nitrogens is 1. The zero-order chi connectivity index (χ0) is 13.9. The second-order valence-corrected chi connectivity index (χ2v) is 4.25. The number of hydrogen-bond acceptors (Lipinski definition) is 4. The van der Waals surface area contributed by atoms with E-state index < -0.39 is 5.97 Å². The van der Waals surface area contributed by atoms with Crippen LogP contribution in [0.1, 0.15) is 5.56 Å². The number of nitrogens with zero attached hydrogens (tertiary/aromatic N) is 1. The lowest BCUT2D eigenvalue weighted by Gasteiger charge is -2.21. The van der Waals surface area contributed by atoms with E-state index in [1.807, 2.05) is 6.07 Å². The predicted molar refractivity (Wildman–Crippen MR) is 70.3 cm³/mol. The van der Waals surface area contributed by atoms with Crippen molar-refractivity contribution in [1.82, 2.24) is 4.98 Å². The molecule has 0 amide bonds. The van der Waals surface area contributed by atoms with Crippen molar-refractivity contribution in [2.24, 2.45) is 0 Å². The number of aliphatic carboxylic acids is 1. The summed E-state index contributed by atoms with van der Waals surface area (Å²) in [6.45, 7) is 0. The van der Waals surface area contributed by atoms with E-state index in [1.165, 1.54) is 0 Å². The number of hydrogen-bond donors (Lipinski definition) is 1. The average molecular weight is 269 g/mol. The van der Waals surface area contributed by atoms with Crippen LogP contribution < -0.4 is 9.47 Å². The van der Waals surface area contributed by atoms with E-state index in [0.717, 1.165) is 5.56 Å². The monoisotopic (exact) mass is 269 g/mol. The molecule has 0 radical (unpaired) electrons. The van der Waals surface area contributed by atoms with Crippen LogP contribution in [-0.2, 0) is 11.2 Å². The highest BCUT2D eigenvalue weighted by atomic mass is 16.6. The zero-order valence-corrected chi connectivity index (χ0v) is 10.4. The molecule has 0 unspecified atom stereocenters. The van der Waals surface area contributed by atoms with Crippen molar-refractivity contribution in [3.8, 4) is 11.5 Å². The van der Waals surface area contributed by atoms with Crippen LogP contribution in [0.4, 0.5) is 0 Å². The normalized spacial score (nSPS) is 13.2. The zero-order valence-electron chi connectivity index (χ0n) is 10.4. The van der Waals surface area contributed by atoms with E-state index >= 15 is 0 Å². The molecule has 3 rings (SSSR count). The molecule has 5 heteroatoms. The number of carboxylic acid groups (broad SMARTS) is 1. The van der Waals surface area contributed by atoms with Crippen molar-refractivity contribution < 1.29 is 19.4 Å². The molecule has 1 aliphatic heterocycles. The van der Waals surface area contributed by atoms with Crippen LogP contribution in [-0.4, -0.2) is 16.1 Å². The molecule has 100 valence electrons. The van der Waals surface area contributed by atoms with Crippen LogP contribution >= 0.6 is 0 Å². The van der Waals surface area contributed by atoms with Gasteiger partial charge in [0.15, 0.2) is 17.3 Å². The molecule has 2 aromatic rings. The first-order chi connectivity index (χ1) is 9.74. The summed E-state index contributed by atoms with van der Waals surface area (Å²) in [6, 6.07) is 10.6. The Labute approximate surface area is 115 Å². The van der Waals surface area contributed by atoms with E-state index in [4.69, 9.17) is 9.47 Å². The molecule has 1 N–H and O–H groups in total. The van der Waals surface area contributed by atoms with Gasteiger partial charge in [0.25, 0.3) is 5.76 Å². The molecule has 0 fully saturated rings. The summed E-state index contributed by atoms with van der Waals surface area (Å²) in [4.78, 5) is 15.3. The van der Waals surface area contributed by atoms with Crippen LogP contribution in [0, 0.1) is 0 Å². The second-order valence-electron chi connectivity index (χ2n) is 4.25. The first-order valence-electron chi connectivity index (χ1n) is 6.04. The standard InChI is InChI=1S/C15H11NO4/c17-15(18)14-13(8-10-4-3-7-16-9-10)19-11-5-1-2-6-12(11)20-14/h1-7,9H,8H2,(H,17,18). The van der Waals surface area contributed by atoms with Gasteiger partial charge in [-0.15, -0.1) is 0 Å². The van der Waals surface area contributed by atoms with E-state index in [0.29, 0.717) is 17.9 Å². The lowest BCUT2D eigenvalue weighted by molar-refractivity contribution is -0.135. The fraction of sp³-hybridized carbons (Fsp3) is 0.0667. The Hall–Kier alpha value is -2.82. The number of fused-ring (bicyclic) bond motifs is 1. The molecule has 0 bridgehead atoms. The summed E-state index contributed by atoms with van der Waals surface area (Å²) in [5.74, 6) is -0.161. The molecule has 2 heterocycles. The van der Waals surface area contributed by atoms with Crippen LogP contribution in [0.2, 0.25) is 0 Å². The minimum atomic E-state index is -1.15. The van der Waals surface area contributed by atoms with E-state index in [1.54, 1.807) is 42.7 Å². The maximum Gasteiger partial charge on any atom is 0.375 e. The van der Waals surface area contributed by atoms with Crippen LogP contribution in [0.25, 0.3) is 0 Å². The first kappa shape index (κ1) is 12.2. The number of allylic oxidation sites excluding steroid dienone is 1. The lowest BCUT2D eigenvalue weighted by atomic mass is 10.1. The minimum Gasteiger partial charge on any atom is -0.475 e. The molecule has 20 heavy (non-hydrogen) atoms. The Morgan fingerprint density at radius 3 is 2.50 bits per heavy atom. The van der Waals surface area contributed by atoms with Gasteiger partial charge in [-0.05, 0) is 23.8 Å². The predicted octanol–water partition coefficient (Wildman–Crippen LogP) is 2.39. The topological polar surface area (TPSA) is 68.7 Å². The number of benzene rings is 1. The van der Waals surface area contributed by atoms with Gasteiger partial charge in [0, 0.05) is 18.8 Å². The van der Waals surface area contributed by atoms with Crippen LogP contribution in [0.15, 0.2) is 60.3 Å². The Balaban J connectivity index is 1.96. The van der Waals surface area contributed by atoms with Gasteiger partial charge in [-0.25, -0.2) is 4.79 Å². The number of rotatable bonds is 3. The SMILES string of the molecule is O=C(O)C1=C(Cc2cccnc2)Oc2ccccc2O1. The average Bonchev–Trinajstić information content (AvgIpc) is 2.47. The third-order valence-corrected chi connectivity index (χ3v) is 2.83. The van der Waals surface area contributed by atoms with Crippen molar-refractivity contribution in [2.75, 3.05) is 0 Å². The molecule has 0 atom stereocenters. The van der Waals surface area contributed by atoms with Gasteiger partial charge in [-0.2, -0.15) is 0 Å². The maximum absolute atomic E-state index is 11.3. The van der Waals surface area contributed by atoms with Crippen molar-refractivity contribution in [3.63, 3.8) is 0 Å². The summed E-state index contributed by atoms with van der Waals surface area (Å²) < 4.78 is 11.1. The number of pyridine rings is 1. The number of ether oxygens (including phenoxy) is 2. The number of para-hydroxylation sites is 2. The largest absolute Gasteiger partial charge is 0.475 e. The third kappa shape index (κ3) is 2.33. The fourth-order valence-corrected chi connectivity index (χ4v) is 1.93. The van der Waals surface area contributed by atoms with Crippen molar-refractivity contribution >= 4 is 5.97 Å². The molecule has 1 aromatic heterocycles. The third-order valence-electron chi connectivity index (χ3n) is 2.83. The minimum absolute atomic E-state index is 0.187. The van der Waals surface area contributed by atoms with E-state index in [9.17, 15) is 9.90 Å². The lowest BCUT2D eigenvalue weighted by Crippen LogP contribution is -2.19. The van der Waals surface area contributed by atoms with Gasteiger partial charge in [-0.1, -0.05) is 18.2 Å². The molecule has 0 aliphatic carbocycles. The van der Waals surface area contributed by atoms with Gasteiger partial charge in [-0.3, -0.25) is 4.98 Å². The van der Waals surface area contributed by atoms with Gasteiger partial charge in [0.2, 0.25) is 0 Å². The molecule has 0 spiro atoms. The van der Waals surface area contributed by atoms with Gasteiger partial charge >= 0.3 is 5.97 Å².